The molecule has 3 heterocycles. The Hall–Kier alpha value is -3.67. The molecule has 6 heteroatoms. The molecule has 0 amide bonds. The van der Waals surface area contributed by atoms with Crippen molar-refractivity contribution in [3.05, 3.63) is 67.4 Å². The first-order valence-electron chi connectivity index (χ1n) is 11.3. The van der Waals surface area contributed by atoms with Crippen LogP contribution in [-0.2, 0) is 0 Å². The SMILES string of the molecule is COc1ccc(-c2cn3ccnc3c(-c3ccc4c(c3)ncn4C3CCCCC3)n2)cc1. The second kappa shape index (κ2) is 7.79. The van der Waals surface area contributed by atoms with E-state index < -0.39 is 0 Å². The Balaban J connectivity index is 1.44. The Morgan fingerprint density at radius 1 is 0.938 bits per heavy atom. The van der Waals surface area contributed by atoms with Gasteiger partial charge in [-0.05, 0) is 49.2 Å². The van der Waals surface area contributed by atoms with Crippen molar-refractivity contribution in [3.8, 4) is 28.3 Å². The lowest BCUT2D eigenvalue weighted by Gasteiger charge is -2.23. The van der Waals surface area contributed by atoms with Crippen LogP contribution in [0.3, 0.4) is 0 Å². The van der Waals surface area contributed by atoms with E-state index >= 15 is 0 Å². The first kappa shape index (κ1) is 19.0. The van der Waals surface area contributed by atoms with Crippen molar-refractivity contribution in [2.24, 2.45) is 0 Å². The molecule has 0 radical (unpaired) electrons. The van der Waals surface area contributed by atoms with Crippen LogP contribution < -0.4 is 4.74 Å². The van der Waals surface area contributed by atoms with Crippen LogP contribution in [0.4, 0.5) is 0 Å². The molecule has 0 atom stereocenters. The molecule has 1 saturated carbocycles. The van der Waals surface area contributed by atoms with Gasteiger partial charge in [0.1, 0.15) is 11.4 Å². The Bertz CT molecular complexity index is 1390. The number of ether oxygens (including phenoxy) is 1. The van der Waals surface area contributed by atoms with Crippen LogP contribution in [-0.4, -0.2) is 31.0 Å². The van der Waals surface area contributed by atoms with Gasteiger partial charge in [-0.15, -0.1) is 0 Å². The summed E-state index contributed by atoms with van der Waals surface area (Å²) in [6, 6.07) is 15.0. The third kappa shape index (κ3) is 3.23. The highest BCUT2D eigenvalue weighted by Gasteiger charge is 2.18. The number of aromatic nitrogens is 5. The molecule has 0 aliphatic heterocycles. The van der Waals surface area contributed by atoms with E-state index in [1.807, 2.05) is 53.6 Å². The predicted octanol–water partition coefficient (Wildman–Crippen LogP) is 5.93. The normalized spacial score (nSPS) is 14.9. The van der Waals surface area contributed by atoms with Gasteiger partial charge in [0.2, 0.25) is 0 Å². The van der Waals surface area contributed by atoms with Crippen LogP contribution in [0, 0.1) is 0 Å². The van der Waals surface area contributed by atoms with E-state index in [1.165, 1.54) is 37.6 Å². The molecule has 0 spiro atoms. The zero-order valence-electron chi connectivity index (χ0n) is 18.1. The van der Waals surface area contributed by atoms with Crippen LogP contribution in [0.25, 0.3) is 39.2 Å². The summed E-state index contributed by atoms with van der Waals surface area (Å²) in [6.45, 7) is 0. The summed E-state index contributed by atoms with van der Waals surface area (Å²) < 4.78 is 9.70. The van der Waals surface area contributed by atoms with E-state index in [9.17, 15) is 0 Å². The molecule has 6 nitrogen and oxygen atoms in total. The molecule has 5 aromatic rings. The Morgan fingerprint density at radius 2 is 1.75 bits per heavy atom. The van der Waals surface area contributed by atoms with E-state index in [0.29, 0.717) is 6.04 Å². The summed E-state index contributed by atoms with van der Waals surface area (Å²) in [5, 5.41) is 0. The minimum absolute atomic E-state index is 0.565. The number of hydrogen-bond donors (Lipinski definition) is 0. The molecule has 1 aliphatic carbocycles. The molecule has 1 aliphatic rings. The van der Waals surface area contributed by atoms with Gasteiger partial charge >= 0.3 is 0 Å². The fourth-order valence-corrected chi connectivity index (χ4v) is 4.86. The second-order valence-corrected chi connectivity index (χ2v) is 8.51. The van der Waals surface area contributed by atoms with Gasteiger partial charge in [-0.25, -0.2) is 15.0 Å². The van der Waals surface area contributed by atoms with Gasteiger partial charge in [-0.1, -0.05) is 25.3 Å². The maximum atomic E-state index is 5.30. The monoisotopic (exact) mass is 423 g/mol. The fourth-order valence-electron chi connectivity index (χ4n) is 4.86. The molecule has 3 aromatic heterocycles. The predicted molar refractivity (Wildman–Crippen MR) is 126 cm³/mol. The summed E-state index contributed by atoms with van der Waals surface area (Å²) >= 11 is 0. The average Bonchev–Trinajstić information content (AvgIpc) is 3.50. The highest BCUT2D eigenvalue weighted by molar-refractivity contribution is 5.85. The largest absolute Gasteiger partial charge is 0.497 e. The minimum atomic E-state index is 0.565. The highest BCUT2D eigenvalue weighted by atomic mass is 16.5. The highest BCUT2D eigenvalue weighted by Crippen LogP contribution is 2.33. The molecular formula is C26H25N5O. The van der Waals surface area contributed by atoms with E-state index in [-0.39, 0.29) is 0 Å². The maximum absolute atomic E-state index is 5.30. The van der Waals surface area contributed by atoms with Gasteiger partial charge < -0.3 is 13.7 Å². The number of hydrogen-bond acceptors (Lipinski definition) is 4. The average molecular weight is 424 g/mol. The minimum Gasteiger partial charge on any atom is -0.497 e. The molecule has 32 heavy (non-hydrogen) atoms. The zero-order valence-corrected chi connectivity index (χ0v) is 18.1. The maximum Gasteiger partial charge on any atom is 0.163 e. The first-order valence-corrected chi connectivity index (χ1v) is 11.3. The number of benzene rings is 2. The lowest BCUT2D eigenvalue weighted by atomic mass is 9.95. The first-order chi connectivity index (χ1) is 15.8. The summed E-state index contributed by atoms with van der Waals surface area (Å²) in [6.07, 6.45) is 14.3. The summed E-state index contributed by atoms with van der Waals surface area (Å²) in [7, 11) is 1.68. The van der Waals surface area contributed by atoms with Crippen molar-refractivity contribution in [2.75, 3.05) is 7.11 Å². The standard InChI is InChI=1S/C26H25N5O/c1-32-21-10-7-18(8-11-21)23-16-30-14-13-27-26(30)25(29-23)19-9-12-24-22(15-19)28-17-31(24)20-5-3-2-4-6-20/h7-17,20H,2-6H2,1H3. The Morgan fingerprint density at radius 3 is 2.56 bits per heavy atom. The third-order valence-electron chi connectivity index (χ3n) is 6.58. The topological polar surface area (TPSA) is 57.2 Å². The van der Waals surface area contributed by atoms with Gasteiger partial charge in [0.25, 0.3) is 0 Å². The van der Waals surface area contributed by atoms with Crippen LogP contribution in [0.2, 0.25) is 0 Å². The Kier molecular flexibility index (Phi) is 4.63. The summed E-state index contributed by atoms with van der Waals surface area (Å²) in [4.78, 5) is 14.3. The van der Waals surface area contributed by atoms with E-state index in [4.69, 9.17) is 14.7 Å². The summed E-state index contributed by atoms with van der Waals surface area (Å²) in [5.74, 6) is 0.830. The van der Waals surface area contributed by atoms with E-state index in [1.54, 1.807) is 7.11 Å². The van der Waals surface area contributed by atoms with Crippen LogP contribution in [0.5, 0.6) is 5.75 Å². The lowest BCUT2D eigenvalue weighted by Crippen LogP contribution is -2.11. The van der Waals surface area contributed by atoms with Gasteiger partial charge in [-0.3, -0.25) is 0 Å². The molecule has 0 unspecified atom stereocenters. The van der Waals surface area contributed by atoms with Crippen molar-refractivity contribution in [1.29, 1.82) is 0 Å². The molecular weight excluding hydrogens is 398 g/mol. The third-order valence-corrected chi connectivity index (χ3v) is 6.58. The molecule has 0 bridgehead atoms. The van der Waals surface area contributed by atoms with Gasteiger partial charge in [0, 0.05) is 35.8 Å². The van der Waals surface area contributed by atoms with Crippen LogP contribution in [0.15, 0.2) is 67.4 Å². The van der Waals surface area contributed by atoms with Crippen molar-refractivity contribution < 1.29 is 4.74 Å². The smallest absolute Gasteiger partial charge is 0.163 e. The molecule has 160 valence electrons. The zero-order chi connectivity index (χ0) is 21.5. The molecule has 6 rings (SSSR count). The molecule has 1 fully saturated rings. The lowest BCUT2D eigenvalue weighted by molar-refractivity contribution is 0.359. The van der Waals surface area contributed by atoms with Crippen LogP contribution in [0.1, 0.15) is 38.1 Å². The number of rotatable bonds is 4. The van der Waals surface area contributed by atoms with Crippen molar-refractivity contribution in [3.63, 3.8) is 0 Å². The fraction of sp³-hybridized carbons (Fsp3) is 0.269. The van der Waals surface area contributed by atoms with E-state index in [2.05, 4.69) is 27.8 Å². The second-order valence-electron chi connectivity index (χ2n) is 8.51. The van der Waals surface area contributed by atoms with Crippen molar-refractivity contribution >= 4 is 16.7 Å². The van der Waals surface area contributed by atoms with E-state index in [0.717, 1.165) is 39.4 Å². The quantitative estimate of drug-likeness (QED) is 0.360. The molecule has 2 aromatic carbocycles. The van der Waals surface area contributed by atoms with Crippen molar-refractivity contribution in [1.82, 2.24) is 23.9 Å². The summed E-state index contributed by atoms with van der Waals surface area (Å²) in [5.41, 5.74) is 6.86. The number of nitrogens with zero attached hydrogens (tertiary/aromatic N) is 5. The Labute approximate surface area is 186 Å². The number of imidazole rings is 2. The molecule has 0 N–H and O–H groups in total. The number of methoxy groups -OCH3 is 1. The molecule has 0 saturated heterocycles. The van der Waals surface area contributed by atoms with Gasteiger partial charge in [0.05, 0.1) is 30.2 Å². The van der Waals surface area contributed by atoms with Gasteiger partial charge in [0.15, 0.2) is 5.65 Å². The van der Waals surface area contributed by atoms with Crippen LogP contribution >= 0.6 is 0 Å². The van der Waals surface area contributed by atoms with Gasteiger partial charge in [-0.2, -0.15) is 0 Å². The van der Waals surface area contributed by atoms with Crippen molar-refractivity contribution in [2.45, 2.75) is 38.1 Å². The number of fused-ring (bicyclic) bond motifs is 2.